The Kier molecular flexibility index (Phi) is 5.66. The number of ether oxygens (including phenoxy) is 2. The van der Waals surface area contributed by atoms with Crippen LogP contribution in [-0.2, 0) is 4.74 Å². The number of halogens is 1. The molecular formula is C15H23ClN2O2. The molecule has 1 heterocycles. The van der Waals surface area contributed by atoms with Crippen LogP contribution in [0.1, 0.15) is 18.5 Å². The average Bonchev–Trinajstić information content (AvgIpc) is 2.44. The molecule has 0 aromatic heterocycles. The zero-order valence-corrected chi connectivity index (χ0v) is 13.1. The molecule has 0 saturated carbocycles. The second kappa shape index (κ2) is 7.27. The number of hydrogen-bond donors (Lipinski definition) is 1. The van der Waals surface area contributed by atoms with E-state index in [1.807, 2.05) is 18.2 Å². The first-order valence-electron chi connectivity index (χ1n) is 7.02. The lowest BCUT2D eigenvalue weighted by Gasteiger charge is -2.36. The van der Waals surface area contributed by atoms with E-state index in [9.17, 15) is 0 Å². The minimum atomic E-state index is 0.0800. The molecule has 2 rings (SSSR count). The highest BCUT2D eigenvalue weighted by molar-refractivity contribution is 6.30. The van der Waals surface area contributed by atoms with Crippen molar-refractivity contribution in [3.05, 3.63) is 28.8 Å². The van der Waals surface area contributed by atoms with Gasteiger partial charge in [0.25, 0.3) is 0 Å². The van der Waals surface area contributed by atoms with Gasteiger partial charge < -0.3 is 19.7 Å². The maximum atomic E-state index is 6.15. The number of benzene rings is 1. The third kappa shape index (κ3) is 3.64. The molecule has 2 atom stereocenters. The predicted octanol–water partition coefficient (Wildman–Crippen LogP) is 2.33. The van der Waals surface area contributed by atoms with Gasteiger partial charge in [-0.15, -0.1) is 0 Å². The molecule has 1 aliphatic rings. The molecule has 112 valence electrons. The van der Waals surface area contributed by atoms with Crippen LogP contribution in [0.3, 0.4) is 0 Å². The summed E-state index contributed by atoms with van der Waals surface area (Å²) in [7, 11) is 3.80. The van der Waals surface area contributed by atoms with Crippen molar-refractivity contribution in [1.29, 1.82) is 0 Å². The minimum Gasteiger partial charge on any atom is -0.496 e. The van der Waals surface area contributed by atoms with Crippen LogP contribution in [0.25, 0.3) is 0 Å². The van der Waals surface area contributed by atoms with Gasteiger partial charge in [0, 0.05) is 23.7 Å². The van der Waals surface area contributed by atoms with Crippen LogP contribution in [0, 0.1) is 0 Å². The fourth-order valence-corrected chi connectivity index (χ4v) is 2.80. The molecule has 0 spiro atoms. The van der Waals surface area contributed by atoms with E-state index < -0.39 is 0 Å². The van der Waals surface area contributed by atoms with Crippen molar-refractivity contribution in [2.24, 2.45) is 0 Å². The lowest BCUT2D eigenvalue weighted by atomic mass is 9.99. The minimum absolute atomic E-state index is 0.0800. The van der Waals surface area contributed by atoms with E-state index in [0.717, 1.165) is 37.6 Å². The zero-order valence-electron chi connectivity index (χ0n) is 12.4. The molecule has 4 nitrogen and oxygen atoms in total. The first kappa shape index (κ1) is 15.6. The number of likely N-dealkylation sites (N-methyl/N-ethyl adjacent to an activating group) is 2. The van der Waals surface area contributed by atoms with Gasteiger partial charge in [-0.2, -0.15) is 0 Å². The number of rotatable bonds is 5. The van der Waals surface area contributed by atoms with Crippen molar-refractivity contribution in [3.63, 3.8) is 0 Å². The quantitative estimate of drug-likeness (QED) is 0.905. The van der Waals surface area contributed by atoms with Crippen molar-refractivity contribution in [3.8, 4) is 5.75 Å². The van der Waals surface area contributed by atoms with Crippen molar-refractivity contribution < 1.29 is 9.47 Å². The fourth-order valence-electron chi connectivity index (χ4n) is 2.62. The molecular weight excluding hydrogens is 276 g/mol. The van der Waals surface area contributed by atoms with Gasteiger partial charge in [-0.3, -0.25) is 0 Å². The van der Waals surface area contributed by atoms with E-state index in [2.05, 4.69) is 24.2 Å². The molecule has 5 heteroatoms. The van der Waals surface area contributed by atoms with Gasteiger partial charge in [-0.25, -0.2) is 0 Å². The van der Waals surface area contributed by atoms with Crippen LogP contribution in [0.4, 0.5) is 0 Å². The number of nitrogens with zero attached hydrogens (tertiary/aromatic N) is 1. The number of hydrogen-bond acceptors (Lipinski definition) is 4. The summed E-state index contributed by atoms with van der Waals surface area (Å²) in [4.78, 5) is 2.29. The molecule has 0 radical (unpaired) electrons. The summed E-state index contributed by atoms with van der Waals surface area (Å²) in [6, 6.07) is 5.80. The van der Waals surface area contributed by atoms with Crippen molar-refractivity contribution in [1.82, 2.24) is 10.2 Å². The maximum absolute atomic E-state index is 6.15. The first-order chi connectivity index (χ1) is 9.65. The molecule has 1 aromatic carbocycles. The third-order valence-corrected chi connectivity index (χ3v) is 3.85. The van der Waals surface area contributed by atoms with Crippen LogP contribution in [0.5, 0.6) is 5.75 Å². The molecule has 1 fully saturated rings. The Morgan fingerprint density at radius 3 is 3.00 bits per heavy atom. The Balaban J connectivity index is 2.29. The second-order valence-corrected chi connectivity index (χ2v) is 5.53. The van der Waals surface area contributed by atoms with E-state index in [1.165, 1.54) is 0 Å². The lowest BCUT2D eigenvalue weighted by Crippen LogP contribution is -2.46. The van der Waals surface area contributed by atoms with Gasteiger partial charge in [0.2, 0.25) is 0 Å². The van der Waals surface area contributed by atoms with E-state index >= 15 is 0 Å². The number of morpholine rings is 1. The molecule has 1 aliphatic heterocycles. The Labute approximate surface area is 126 Å². The molecule has 20 heavy (non-hydrogen) atoms. The van der Waals surface area contributed by atoms with Crippen LogP contribution < -0.4 is 10.1 Å². The SMILES string of the molecule is CCNC(c1cc(Cl)ccc1OC)C1CN(C)CCO1. The normalized spacial score (nSPS) is 21.7. The topological polar surface area (TPSA) is 33.7 Å². The van der Waals surface area contributed by atoms with E-state index in [1.54, 1.807) is 7.11 Å². The zero-order chi connectivity index (χ0) is 14.5. The maximum Gasteiger partial charge on any atom is 0.123 e. The average molecular weight is 299 g/mol. The van der Waals surface area contributed by atoms with Gasteiger partial charge in [0.15, 0.2) is 0 Å². The first-order valence-corrected chi connectivity index (χ1v) is 7.40. The van der Waals surface area contributed by atoms with E-state index in [-0.39, 0.29) is 12.1 Å². The highest BCUT2D eigenvalue weighted by atomic mass is 35.5. The van der Waals surface area contributed by atoms with Crippen LogP contribution in [-0.4, -0.2) is 51.4 Å². The number of nitrogens with one attached hydrogen (secondary N) is 1. The molecule has 1 aromatic rings. The Morgan fingerprint density at radius 1 is 1.55 bits per heavy atom. The summed E-state index contributed by atoms with van der Waals surface area (Å²) in [6.45, 7) is 5.59. The van der Waals surface area contributed by atoms with E-state index in [4.69, 9.17) is 21.1 Å². The lowest BCUT2D eigenvalue weighted by molar-refractivity contribution is -0.0393. The standard InChI is InChI=1S/C15H23ClN2O2/c1-4-17-15(14-10-18(2)7-8-20-14)12-9-11(16)5-6-13(12)19-3/h5-6,9,14-15,17H,4,7-8,10H2,1-3H3. The summed E-state index contributed by atoms with van der Waals surface area (Å²) in [5.41, 5.74) is 1.06. The van der Waals surface area contributed by atoms with Crippen molar-refractivity contribution in [2.45, 2.75) is 19.1 Å². The smallest absolute Gasteiger partial charge is 0.123 e. The molecule has 0 bridgehead atoms. The van der Waals surface area contributed by atoms with Crippen LogP contribution >= 0.6 is 11.6 Å². The monoisotopic (exact) mass is 298 g/mol. The summed E-state index contributed by atoms with van der Waals surface area (Å²) in [6.07, 6.45) is 0.0982. The molecule has 0 amide bonds. The molecule has 1 saturated heterocycles. The van der Waals surface area contributed by atoms with Gasteiger partial charge >= 0.3 is 0 Å². The van der Waals surface area contributed by atoms with Gasteiger partial charge in [0.05, 0.1) is 25.9 Å². The highest BCUT2D eigenvalue weighted by Gasteiger charge is 2.29. The van der Waals surface area contributed by atoms with Crippen LogP contribution in [0.2, 0.25) is 5.02 Å². The van der Waals surface area contributed by atoms with Gasteiger partial charge in [-0.05, 0) is 31.8 Å². The second-order valence-electron chi connectivity index (χ2n) is 5.09. The fraction of sp³-hybridized carbons (Fsp3) is 0.600. The summed E-state index contributed by atoms with van der Waals surface area (Å²) in [5.74, 6) is 0.845. The Hall–Kier alpha value is -0.810. The number of methoxy groups -OCH3 is 1. The van der Waals surface area contributed by atoms with Crippen molar-refractivity contribution >= 4 is 11.6 Å². The Bertz CT molecular complexity index is 442. The van der Waals surface area contributed by atoms with Crippen molar-refractivity contribution in [2.75, 3.05) is 40.4 Å². The highest BCUT2D eigenvalue weighted by Crippen LogP contribution is 2.32. The molecule has 1 N–H and O–H groups in total. The largest absolute Gasteiger partial charge is 0.496 e. The third-order valence-electron chi connectivity index (χ3n) is 3.62. The van der Waals surface area contributed by atoms with E-state index in [0.29, 0.717) is 5.02 Å². The summed E-state index contributed by atoms with van der Waals surface area (Å²) in [5, 5.41) is 4.22. The molecule has 0 aliphatic carbocycles. The Morgan fingerprint density at radius 2 is 2.35 bits per heavy atom. The predicted molar refractivity (Wildman–Crippen MR) is 81.7 cm³/mol. The molecule has 2 unspecified atom stereocenters. The van der Waals surface area contributed by atoms with Gasteiger partial charge in [0.1, 0.15) is 5.75 Å². The summed E-state index contributed by atoms with van der Waals surface area (Å²) < 4.78 is 11.4. The summed E-state index contributed by atoms with van der Waals surface area (Å²) >= 11 is 6.15. The van der Waals surface area contributed by atoms with Crippen LogP contribution in [0.15, 0.2) is 18.2 Å². The van der Waals surface area contributed by atoms with Gasteiger partial charge in [-0.1, -0.05) is 18.5 Å².